The minimum Gasteiger partial charge on any atom is -0.379 e. The Labute approximate surface area is 127 Å². The first-order valence-electron chi connectivity index (χ1n) is 7.81. The zero-order valence-corrected chi connectivity index (χ0v) is 13.3. The maximum atomic E-state index is 12.1. The van der Waals surface area contributed by atoms with Gasteiger partial charge < -0.3 is 10.1 Å². The monoisotopic (exact) mass is 290 g/mol. The highest BCUT2D eigenvalue weighted by Gasteiger charge is 2.20. The summed E-state index contributed by atoms with van der Waals surface area (Å²) in [6, 6.07) is 8.48. The molecule has 2 atom stereocenters. The molecule has 116 valence electrons. The van der Waals surface area contributed by atoms with Gasteiger partial charge in [0.05, 0.1) is 19.8 Å². The molecule has 2 rings (SSSR count). The van der Waals surface area contributed by atoms with Crippen LogP contribution in [0.5, 0.6) is 0 Å². The lowest BCUT2D eigenvalue weighted by Gasteiger charge is -2.32. The lowest BCUT2D eigenvalue weighted by atomic mass is 9.99. The van der Waals surface area contributed by atoms with Gasteiger partial charge in [-0.15, -0.1) is 0 Å². The van der Waals surface area contributed by atoms with E-state index in [-0.39, 0.29) is 5.91 Å². The van der Waals surface area contributed by atoms with E-state index in [0.717, 1.165) is 18.7 Å². The third kappa shape index (κ3) is 4.55. The second kappa shape index (κ2) is 7.57. The van der Waals surface area contributed by atoms with E-state index >= 15 is 0 Å². The van der Waals surface area contributed by atoms with Crippen LogP contribution in [0.1, 0.15) is 38.7 Å². The number of nitrogens with zero attached hydrogens (tertiary/aromatic N) is 1. The number of hydrogen-bond acceptors (Lipinski definition) is 3. The summed E-state index contributed by atoms with van der Waals surface area (Å²) in [7, 11) is 0. The van der Waals surface area contributed by atoms with E-state index < -0.39 is 0 Å². The number of carbonyl (C=O) groups excluding carboxylic acids is 1. The van der Waals surface area contributed by atoms with Crippen molar-refractivity contribution in [2.24, 2.45) is 0 Å². The number of rotatable bonds is 5. The Hall–Kier alpha value is -1.39. The Bertz CT molecular complexity index is 458. The minimum atomic E-state index is 0.0417. The van der Waals surface area contributed by atoms with Gasteiger partial charge in [-0.05, 0) is 37.0 Å². The minimum absolute atomic E-state index is 0.0417. The van der Waals surface area contributed by atoms with Gasteiger partial charge >= 0.3 is 0 Å². The van der Waals surface area contributed by atoms with Crippen molar-refractivity contribution in [3.63, 3.8) is 0 Å². The summed E-state index contributed by atoms with van der Waals surface area (Å²) in [4.78, 5) is 14.3. The number of amides is 1. The molecule has 1 N–H and O–H groups in total. The topological polar surface area (TPSA) is 41.6 Å². The molecule has 0 aromatic heterocycles. The van der Waals surface area contributed by atoms with Crippen molar-refractivity contribution in [3.8, 4) is 0 Å². The zero-order chi connectivity index (χ0) is 15.2. The third-order valence-electron chi connectivity index (χ3n) is 4.23. The molecular weight excluding hydrogens is 264 g/mol. The molecule has 0 radical (unpaired) electrons. The van der Waals surface area contributed by atoms with Crippen LogP contribution in [-0.2, 0) is 9.53 Å². The molecule has 1 fully saturated rings. The van der Waals surface area contributed by atoms with Gasteiger partial charge in [-0.1, -0.05) is 26.0 Å². The summed E-state index contributed by atoms with van der Waals surface area (Å²) in [5.41, 5.74) is 2.19. The fourth-order valence-corrected chi connectivity index (χ4v) is 2.51. The SMILES string of the molecule is CCC(C)c1ccc(NC(=O)CN2CCOCC2C)cc1. The molecular formula is C17H26N2O2. The van der Waals surface area contributed by atoms with E-state index in [1.54, 1.807) is 0 Å². The van der Waals surface area contributed by atoms with Crippen molar-refractivity contribution in [2.75, 3.05) is 31.6 Å². The van der Waals surface area contributed by atoms with Gasteiger partial charge in [-0.2, -0.15) is 0 Å². The molecule has 2 unspecified atom stereocenters. The Balaban J connectivity index is 1.87. The van der Waals surface area contributed by atoms with Crippen LogP contribution in [0.2, 0.25) is 0 Å². The first kappa shape index (κ1) is 16.0. The molecule has 4 heteroatoms. The second-order valence-corrected chi connectivity index (χ2v) is 5.87. The maximum absolute atomic E-state index is 12.1. The number of carbonyl (C=O) groups is 1. The normalized spacial score (nSPS) is 21.0. The number of hydrogen-bond donors (Lipinski definition) is 1. The zero-order valence-electron chi connectivity index (χ0n) is 13.3. The van der Waals surface area contributed by atoms with Gasteiger partial charge in [0.25, 0.3) is 0 Å². The van der Waals surface area contributed by atoms with Crippen LogP contribution in [0.3, 0.4) is 0 Å². The van der Waals surface area contributed by atoms with Gasteiger partial charge in [-0.25, -0.2) is 0 Å². The Morgan fingerprint density at radius 2 is 2.14 bits per heavy atom. The van der Waals surface area contributed by atoms with Crippen molar-refractivity contribution in [1.29, 1.82) is 0 Å². The molecule has 1 aliphatic heterocycles. The first-order chi connectivity index (χ1) is 10.1. The molecule has 1 aliphatic rings. The molecule has 0 spiro atoms. The molecule has 1 aromatic rings. The van der Waals surface area contributed by atoms with Crippen molar-refractivity contribution in [3.05, 3.63) is 29.8 Å². The quantitative estimate of drug-likeness (QED) is 0.906. The van der Waals surface area contributed by atoms with Crippen LogP contribution in [0.4, 0.5) is 5.69 Å². The van der Waals surface area contributed by atoms with Gasteiger partial charge in [-0.3, -0.25) is 9.69 Å². The lowest BCUT2D eigenvalue weighted by molar-refractivity contribution is -0.119. The first-order valence-corrected chi connectivity index (χ1v) is 7.81. The highest BCUT2D eigenvalue weighted by Crippen LogP contribution is 2.20. The average molecular weight is 290 g/mol. The van der Waals surface area contributed by atoms with Crippen LogP contribution in [0.25, 0.3) is 0 Å². The number of anilines is 1. The number of benzene rings is 1. The molecule has 0 saturated carbocycles. The van der Waals surface area contributed by atoms with Gasteiger partial charge in [0, 0.05) is 18.3 Å². The van der Waals surface area contributed by atoms with E-state index in [1.165, 1.54) is 5.56 Å². The summed E-state index contributed by atoms with van der Waals surface area (Å²) in [5, 5.41) is 2.97. The summed E-state index contributed by atoms with van der Waals surface area (Å²) >= 11 is 0. The van der Waals surface area contributed by atoms with E-state index in [4.69, 9.17) is 4.74 Å². The molecule has 4 nitrogen and oxygen atoms in total. The largest absolute Gasteiger partial charge is 0.379 e. The summed E-state index contributed by atoms with van der Waals surface area (Å²) in [6.45, 7) is 9.15. The fourth-order valence-electron chi connectivity index (χ4n) is 2.51. The Morgan fingerprint density at radius 3 is 2.76 bits per heavy atom. The van der Waals surface area contributed by atoms with Gasteiger partial charge in [0.1, 0.15) is 0 Å². The Morgan fingerprint density at radius 1 is 1.43 bits per heavy atom. The number of ether oxygens (including phenoxy) is 1. The van der Waals surface area contributed by atoms with Crippen LogP contribution >= 0.6 is 0 Å². The second-order valence-electron chi connectivity index (χ2n) is 5.87. The lowest BCUT2D eigenvalue weighted by Crippen LogP contribution is -2.47. The van der Waals surface area contributed by atoms with Gasteiger partial charge in [0.2, 0.25) is 5.91 Å². The van der Waals surface area contributed by atoms with Crippen molar-refractivity contribution >= 4 is 11.6 Å². The van der Waals surface area contributed by atoms with Gasteiger partial charge in [0.15, 0.2) is 0 Å². The highest BCUT2D eigenvalue weighted by atomic mass is 16.5. The van der Waals surface area contributed by atoms with E-state index in [9.17, 15) is 4.79 Å². The highest BCUT2D eigenvalue weighted by molar-refractivity contribution is 5.92. The molecule has 0 aliphatic carbocycles. The van der Waals surface area contributed by atoms with Crippen molar-refractivity contribution in [1.82, 2.24) is 4.90 Å². The molecule has 0 bridgehead atoms. The molecule has 1 saturated heterocycles. The fraction of sp³-hybridized carbons (Fsp3) is 0.588. The number of nitrogens with one attached hydrogen (secondary N) is 1. The van der Waals surface area contributed by atoms with Crippen molar-refractivity contribution < 1.29 is 9.53 Å². The smallest absolute Gasteiger partial charge is 0.238 e. The van der Waals surface area contributed by atoms with Crippen LogP contribution in [0, 0.1) is 0 Å². The molecule has 1 amide bonds. The van der Waals surface area contributed by atoms with E-state index in [0.29, 0.717) is 31.7 Å². The van der Waals surface area contributed by atoms with E-state index in [2.05, 4.69) is 43.1 Å². The maximum Gasteiger partial charge on any atom is 0.238 e. The standard InChI is InChI=1S/C17H26N2O2/c1-4-13(2)15-5-7-16(8-6-15)18-17(20)11-19-9-10-21-12-14(19)3/h5-8,13-14H,4,9-12H2,1-3H3,(H,18,20). The molecule has 1 aromatic carbocycles. The molecule has 1 heterocycles. The van der Waals surface area contributed by atoms with E-state index in [1.807, 2.05) is 12.1 Å². The van der Waals surface area contributed by atoms with Crippen LogP contribution < -0.4 is 5.32 Å². The predicted octanol–water partition coefficient (Wildman–Crippen LogP) is 2.86. The predicted molar refractivity (Wildman–Crippen MR) is 85.6 cm³/mol. The third-order valence-corrected chi connectivity index (χ3v) is 4.23. The summed E-state index contributed by atoms with van der Waals surface area (Å²) in [5.74, 6) is 0.601. The number of morpholine rings is 1. The summed E-state index contributed by atoms with van der Waals surface area (Å²) < 4.78 is 5.38. The van der Waals surface area contributed by atoms with Crippen LogP contribution in [0.15, 0.2) is 24.3 Å². The average Bonchev–Trinajstić information content (AvgIpc) is 2.49. The van der Waals surface area contributed by atoms with Crippen LogP contribution in [-0.4, -0.2) is 43.2 Å². The van der Waals surface area contributed by atoms with Crippen molar-refractivity contribution in [2.45, 2.75) is 39.2 Å². The molecule has 21 heavy (non-hydrogen) atoms. The summed E-state index contributed by atoms with van der Waals surface area (Å²) in [6.07, 6.45) is 1.13. The Kier molecular flexibility index (Phi) is 5.76.